The third-order valence-corrected chi connectivity index (χ3v) is 12.5. The second kappa shape index (κ2) is 14.1. The summed E-state index contributed by atoms with van der Waals surface area (Å²) < 4.78 is 0. The second-order valence-corrected chi connectivity index (χ2v) is 16.4. The maximum Gasteiger partial charge on any atom is 0.245 e. The molecule has 0 spiro atoms. The highest BCUT2D eigenvalue weighted by Crippen LogP contribution is 2.44. The van der Waals surface area contributed by atoms with Crippen LogP contribution >= 0.6 is 11.8 Å². The number of hydrogen-bond donors (Lipinski definition) is 0. The molecule has 2 bridgehead atoms. The quantitative estimate of drug-likeness (QED) is 0.158. The number of nitrogens with zero attached hydrogens (tertiary/aromatic N) is 2. The van der Waals surface area contributed by atoms with Crippen LogP contribution in [-0.4, -0.2) is 6.71 Å². The summed E-state index contributed by atoms with van der Waals surface area (Å²) in [5.74, 6) is 0.913. The highest BCUT2D eigenvalue weighted by molar-refractivity contribution is 8.00. The second-order valence-electron chi connectivity index (χ2n) is 15.4. The van der Waals surface area contributed by atoms with Crippen LogP contribution in [0.2, 0.25) is 0 Å². The fraction of sp³-hybridized carbons (Fsp3) is 0.160. The van der Waals surface area contributed by atoms with Gasteiger partial charge in [0.25, 0.3) is 0 Å². The van der Waals surface area contributed by atoms with Gasteiger partial charge in [-0.1, -0.05) is 148 Å². The first-order valence-corrected chi connectivity index (χ1v) is 20.2. The zero-order valence-electron chi connectivity index (χ0n) is 31.7. The average molecular weight is 717 g/mol. The van der Waals surface area contributed by atoms with Gasteiger partial charge in [0.2, 0.25) is 6.71 Å². The van der Waals surface area contributed by atoms with E-state index in [0.29, 0.717) is 11.8 Å². The molecule has 0 radical (unpaired) electrons. The lowest BCUT2D eigenvalue weighted by atomic mass is 9.34. The molecule has 0 aliphatic carbocycles. The Morgan fingerprint density at radius 2 is 1.13 bits per heavy atom. The Labute approximate surface area is 325 Å². The molecule has 7 aromatic rings. The molecular weight excluding hydrogens is 671 g/mol. The zero-order chi connectivity index (χ0) is 36.9. The first-order valence-electron chi connectivity index (χ1n) is 19.3. The summed E-state index contributed by atoms with van der Waals surface area (Å²) in [6.45, 7) is 11.9. The van der Waals surface area contributed by atoms with Gasteiger partial charge in [-0.3, -0.25) is 0 Å². The van der Waals surface area contributed by atoms with E-state index in [2.05, 4.69) is 208 Å². The van der Waals surface area contributed by atoms with E-state index in [-0.39, 0.29) is 12.6 Å². The lowest BCUT2D eigenvalue weighted by molar-refractivity contribution is 0.823. The number of hydrogen-bond acceptors (Lipinski definition) is 3. The molecular formula is C50H45BN2S. The molecule has 0 aromatic heterocycles. The molecule has 0 saturated heterocycles. The molecule has 0 fully saturated rings. The first-order chi connectivity index (χ1) is 26.4. The van der Waals surface area contributed by atoms with E-state index in [9.17, 15) is 0 Å². The minimum absolute atomic E-state index is 0.0449. The summed E-state index contributed by atoms with van der Waals surface area (Å²) in [7, 11) is 0. The molecule has 2 heterocycles. The molecule has 1 atom stereocenters. The molecule has 7 aromatic carbocycles. The summed E-state index contributed by atoms with van der Waals surface area (Å²) in [4.78, 5) is 7.53. The van der Waals surface area contributed by atoms with Gasteiger partial charge < -0.3 is 9.80 Å². The van der Waals surface area contributed by atoms with Crippen LogP contribution in [0.1, 0.15) is 74.6 Å². The van der Waals surface area contributed by atoms with E-state index in [1.165, 1.54) is 71.2 Å². The van der Waals surface area contributed by atoms with Crippen molar-refractivity contribution >= 4 is 69.0 Å². The van der Waals surface area contributed by atoms with Crippen molar-refractivity contribution in [2.24, 2.45) is 0 Å². The zero-order valence-corrected chi connectivity index (χ0v) is 32.5. The van der Waals surface area contributed by atoms with Crippen molar-refractivity contribution < 1.29 is 0 Å². The van der Waals surface area contributed by atoms with Crippen molar-refractivity contribution in [1.82, 2.24) is 0 Å². The van der Waals surface area contributed by atoms with Crippen molar-refractivity contribution in [1.29, 1.82) is 0 Å². The summed E-state index contributed by atoms with van der Waals surface area (Å²) in [6, 6.07) is 61.0. The topological polar surface area (TPSA) is 6.48 Å². The smallest absolute Gasteiger partial charge is 0.245 e. The normalized spacial score (nSPS) is 14.4. The predicted molar refractivity (Wildman–Crippen MR) is 233 cm³/mol. The Hall–Kier alpha value is -5.45. The first kappa shape index (κ1) is 34.3. The maximum atomic E-state index is 2.55. The molecule has 264 valence electrons. The van der Waals surface area contributed by atoms with Crippen LogP contribution in [-0.2, 0) is 0 Å². The van der Waals surface area contributed by atoms with Crippen LogP contribution in [0.25, 0.3) is 0 Å². The molecule has 0 saturated carbocycles. The van der Waals surface area contributed by atoms with Crippen molar-refractivity contribution in [3.05, 3.63) is 186 Å². The Morgan fingerprint density at radius 1 is 0.537 bits per heavy atom. The van der Waals surface area contributed by atoms with Crippen LogP contribution in [0.5, 0.6) is 0 Å². The fourth-order valence-corrected chi connectivity index (χ4v) is 9.74. The number of para-hydroxylation sites is 4. The van der Waals surface area contributed by atoms with Gasteiger partial charge in [-0.2, -0.15) is 0 Å². The molecule has 0 N–H and O–H groups in total. The lowest BCUT2D eigenvalue weighted by Gasteiger charge is -2.37. The van der Waals surface area contributed by atoms with Crippen LogP contribution in [0.3, 0.4) is 0 Å². The molecule has 2 aliphatic heterocycles. The summed E-state index contributed by atoms with van der Waals surface area (Å²) in [6.07, 6.45) is 0. The Bertz CT molecular complexity index is 2420. The third-order valence-electron chi connectivity index (χ3n) is 11.3. The standard InChI is InChI=1S/C50H45BN2S/c1-33(2)36-29-43(34(3)4)50-44(30-36)35(5)42-23-15-16-24-47(42)53(39-21-13-8-14-22-39)41-26-28-49-46(32-41)51(50)45-31-40(25-27-48(45)54-49)52(37-17-9-6-10-18-37)38-19-11-7-12-20-38/h6-35H,1-5H3. The van der Waals surface area contributed by atoms with E-state index in [0.717, 1.165) is 11.4 Å². The van der Waals surface area contributed by atoms with Crippen LogP contribution in [0.15, 0.2) is 174 Å². The largest absolute Gasteiger partial charge is 0.311 e. The van der Waals surface area contributed by atoms with Crippen LogP contribution in [0, 0.1) is 0 Å². The Morgan fingerprint density at radius 3 is 1.78 bits per heavy atom. The van der Waals surface area contributed by atoms with Gasteiger partial charge in [-0.15, -0.1) is 0 Å². The highest BCUT2D eigenvalue weighted by Gasteiger charge is 2.38. The predicted octanol–water partition coefficient (Wildman–Crippen LogP) is 12.3. The summed E-state index contributed by atoms with van der Waals surface area (Å²) in [5, 5.41) is 0. The third kappa shape index (κ3) is 5.94. The number of rotatable bonds is 6. The Kier molecular flexibility index (Phi) is 8.95. The van der Waals surface area contributed by atoms with Crippen LogP contribution in [0.4, 0.5) is 34.1 Å². The van der Waals surface area contributed by atoms with Crippen molar-refractivity contribution in [2.75, 3.05) is 9.80 Å². The van der Waals surface area contributed by atoms with E-state index in [4.69, 9.17) is 0 Å². The summed E-state index contributed by atoms with van der Waals surface area (Å²) >= 11 is 1.91. The van der Waals surface area contributed by atoms with Gasteiger partial charge in [-0.05, 0) is 113 Å². The maximum absolute atomic E-state index is 2.55. The van der Waals surface area contributed by atoms with Crippen molar-refractivity contribution in [3.63, 3.8) is 0 Å². The van der Waals surface area contributed by atoms with E-state index in [1.807, 2.05) is 11.8 Å². The molecule has 9 rings (SSSR count). The van der Waals surface area contributed by atoms with Gasteiger partial charge in [0.1, 0.15) is 0 Å². The molecule has 2 aliphatic rings. The number of fused-ring (bicyclic) bond motifs is 6. The van der Waals surface area contributed by atoms with E-state index in [1.54, 1.807) is 0 Å². The van der Waals surface area contributed by atoms with E-state index < -0.39 is 0 Å². The number of anilines is 6. The highest BCUT2D eigenvalue weighted by atomic mass is 32.2. The monoisotopic (exact) mass is 716 g/mol. The summed E-state index contributed by atoms with van der Waals surface area (Å²) in [5.41, 5.74) is 16.9. The molecule has 54 heavy (non-hydrogen) atoms. The Balaban J connectivity index is 1.37. The average Bonchev–Trinajstić information content (AvgIpc) is 3.20. The molecule has 1 unspecified atom stereocenters. The fourth-order valence-electron chi connectivity index (χ4n) is 8.64. The van der Waals surface area contributed by atoms with Gasteiger partial charge in [0, 0.05) is 49.8 Å². The SMILES string of the molecule is CC(C)c1cc(C(C)C)c2c(c1)C(C)c1ccccc1N(c1ccccc1)c1ccc3c(c1)B2c1cc(N(c2ccccc2)c2ccccc2)ccc1S3. The van der Waals surface area contributed by atoms with Gasteiger partial charge in [-0.25, -0.2) is 0 Å². The van der Waals surface area contributed by atoms with E-state index >= 15 is 0 Å². The van der Waals surface area contributed by atoms with Gasteiger partial charge in [0.05, 0.1) is 0 Å². The molecule has 0 amide bonds. The number of benzene rings is 7. The van der Waals surface area contributed by atoms with Gasteiger partial charge in [0.15, 0.2) is 0 Å². The molecule has 2 nitrogen and oxygen atoms in total. The molecule has 4 heteroatoms. The van der Waals surface area contributed by atoms with Crippen molar-refractivity contribution in [2.45, 2.75) is 62.2 Å². The van der Waals surface area contributed by atoms with Gasteiger partial charge >= 0.3 is 0 Å². The minimum Gasteiger partial charge on any atom is -0.311 e. The lowest BCUT2D eigenvalue weighted by Crippen LogP contribution is -2.58. The van der Waals surface area contributed by atoms with Crippen LogP contribution < -0.4 is 26.2 Å². The minimum atomic E-state index is 0.0449. The van der Waals surface area contributed by atoms with Crippen molar-refractivity contribution in [3.8, 4) is 0 Å².